The lowest BCUT2D eigenvalue weighted by Crippen LogP contribution is -2.46. The van der Waals surface area contributed by atoms with Crippen LogP contribution in [-0.4, -0.2) is 50.1 Å². The minimum Gasteiger partial charge on any atom is -0.497 e. The van der Waals surface area contributed by atoms with E-state index in [9.17, 15) is 4.79 Å². The maximum Gasteiger partial charge on any atom is 0.167 e. The second-order valence-corrected chi connectivity index (χ2v) is 6.11. The molecule has 1 aromatic carbocycles. The Morgan fingerprint density at radius 2 is 2.33 bits per heavy atom. The first kappa shape index (κ1) is 16.5. The van der Waals surface area contributed by atoms with E-state index in [1.54, 1.807) is 7.11 Å². The van der Waals surface area contributed by atoms with Gasteiger partial charge in [0.05, 0.1) is 13.7 Å². The number of Topliss-reactive ketones (excluding diaryl/α,β-unsaturated/α-hetero) is 1. The summed E-state index contributed by atoms with van der Waals surface area (Å²) >= 11 is 3.49. The number of morpholine rings is 1. The van der Waals surface area contributed by atoms with Gasteiger partial charge in [0.2, 0.25) is 0 Å². The molecule has 1 aromatic rings. The van der Waals surface area contributed by atoms with E-state index in [1.807, 2.05) is 18.2 Å². The Labute approximate surface area is 134 Å². The summed E-state index contributed by atoms with van der Waals surface area (Å²) in [6, 6.07) is 5.68. The van der Waals surface area contributed by atoms with Crippen molar-refractivity contribution in [2.45, 2.75) is 25.9 Å². The molecule has 0 N–H and O–H groups in total. The summed E-state index contributed by atoms with van der Waals surface area (Å²) in [5, 5.41) is 0. The van der Waals surface area contributed by atoms with Gasteiger partial charge in [-0.2, -0.15) is 0 Å². The van der Waals surface area contributed by atoms with E-state index in [-0.39, 0.29) is 11.9 Å². The number of ether oxygens (including phenoxy) is 2. The Hall–Kier alpha value is -0.910. The molecule has 1 atom stereocenters. The topological polar surface area (TPSA) is 38.8 Å². The molecule has 1 aliphatic rings. The lowest BCUT2D eigenvalue weighted by atomic mass is 10.0. The van der Waals surface area contributed by atoms with Gasteiger partial charge in [-0.05, 0) is 36.7 Å². The van der Waals surface area contributed by atoms with Gasteiger partial charge in [-0.3, -0.25) is 9.69 Å². The van der Waals surface area contributed by atoms with Crippen molar-refractivity contribution in [1.29, 1.82) is 0 Å². The molecule has 1 aliphatic heterocycles. The van der Waals surface area contributed by atoms with Gasteiger partial charge in [0.1, 0.15) is 11.9 Å². The Balaban J connectivity index is 2.00. The van der Waals surface area contributed by atoms with Gasteiger partial charge < -0.3 is 9.47 Å². The molecule has 1 unspecified atom stereocenters. The molecule has 0 aromatic heterocycles. The minimum absolute atomic E-state index is 0.129. The van der Waals surface area contributed by atoms with E-state index in [0.29, 0.717) is 19.6 Å². The van der Waals surface area contributed by atoms with E-state index in [4.69, 9.17) is 9.47 Å². The fourth-order valence-electron chi connectivity index (χ4n) is 2.53. The average molecular weight is 356 g/mol. The van der Waals surface area contributed by atoms with Crippen LogP contribution >= 0.6 is 15.9 Å². The molecule has 0 aliphatic carbocycles. The highest BCUT2D eigenvalue weighted by molar-refractivity contribution is 9.10. The highest BCUT2D eigenvalue weighted by atomic mass is 79.9. The highest BCUT2D eigenvalue weighted by Gasteiger charge is 2.26. The lowest BCUT2D eigenvalue weighted by molar-refractivity contribution is -0.135. The molecule has 1 heterocycles. The van der Waals surface area contributed by atoms with Crippen molar-refractivity contribution in [1.82, 2.24) is 4.90 Å². The molecular weight excluding hydrogens is 334 g/mol. The van der Waals surface area contributed by atoms with E-state index < -0.39 is 0 Å². The Kier molecular flexibility index (Phi) is 6.21. The summed E-state index contributed by atoms with van der Waals surface area (Å²) in [5.74, 6) is 0.892. The first-order valence-electron chi connectivity index (χ1n) is 7.33. The van der Waals surface area contributed by atoms with Crippen LogP contribution in [0.1, 0.15) is 18.9 Å². The first-order chi connectivity index (χ1) is 10.1. The first-order valence-corrected chi connectivity index (χ1v) is 8.12. The smallest absolute Gasteiger partial charge is 0.167 e. The van der Waals surface area contributed by atoms with Gasteiger partial charge in [-0.1, -0.05) is 22.9 Å². The summed E-state index contributed by atoms with van der Waals surface area (Å²) in [4.78, 5) is 14.8. The van der Waals surface area contributed by atoms with Crippen molar-refractivity contribution in [2.24, 2.45) is 0 Å². The van der Waals surface area contributed by atoms with Gasteiger partial charge >= 0.3 is 0 Å². The van der Waals surface area contributed by atoms with Crippen molar-refractivity contribution in [3.8, 4) is 5.75 Å². The molecule has 116 valence electrons. The second kappa shape index (κ2) is 7.92. The number of carbonyl (C=O) groups is 1. The largest absolute Gasteiger partial charge is 0.497 e. The van der Waals surface area contributed by atoms with Crippen molar-refractivity contribution in [3.63, 3.8) is 0 Å². The number of nitrogens with zero attached hydrogens (tertiary/aromatic N) is 1. The predicted molar refractivity (Wildman–Crippen MR) is 85.9 cm³/mol. The van der Waals surface area contributed by atoms with Crippen molar-refractivity contribution in [3.05, 3.63) is 28.2 Å². The molecule has 0 saturated carbocycles. The van der Waals surface area contributed by atoms with E-state index >= 15 is 0 Å². The number of carbonyl (C=O) groups excluding carboxylic acids is 1. The number of ketones is 1. The van der Waals surface area contributed by atoms with Crippen LogP contribution in [0.4, 0.5) is 0 Å². The number of hydrogen-bond acceptors (Lipinski definition) is 4. The summed E-state index contributed by atoms with van der Waals surface area (Å²) < 4.78 is 11.8. The zero-order valence-corrected chi connectivity index (χ0v) is 14.2. The second-order valence-electron chi connectivity index (χ2n) is 5.26. The number of halogens is 1. The van der Waals surface area contributed by atoms with Crippen LogP contribution < -0.4 is 4.74 Å². The van der Waals surface area contributed by atoms with Gasteiger partial charge in [-0.15, -0.1) is 0 Å². The molecule has 21 heavy (non-hydrogen) atoms. The third-order valence-corrected chi connectivity index (χ3v) is 4.44. The van der Waals surface area contributed by atoms with Crippen LogP contribution in [0.5, 0.6) is 5.75 Å². The van der Waals surface area contributed by atoms with Gasteiger partial charge in [0, 0.05) is 24.0 Å². The standard InChI is InChI=1S/C16H22BrNO3/c1-3-6-18-7-8-21-16(11-18)15(19)10-12-9-13(20-2)4-5-14(12)17/h4-5,9,16H,3,6-8,10-11H2,1-2H3. The molecule has 0 radical (unpaired) electrons. The third kappa shape index (κ3) is 4.53. The number of hydrogen-bond donors (Lipinski definition) is 0. The van der Waals surface area contributed by atoms with Crippen LogP contribution in [0, 0.1) is 0 Å². The third-order valence-electron chi connectivity index (χ3n) is 3.67. The van der Waals surface area contributed by atoms with E-state index in [0.717, 1.165) is 35.3 Å². The summed E-state index contributed by atoms with van der Waals surface area (Å²) in [6.45, 7) is 5.43. The normalized spacial score (nSPS) is 19.5. The quantitative estimate of drug-likeness (QED) is 0.786. The lowest BCUT2D eigenvalue weighted by Gasteiger charge is -2.31. The van der Waals surface area contributed by atoms with Crippen molar-refractivity contribution >= 4 is 21.7 Å². The number of rotatable bonds is 6. The van der Waals surface area contributed by atoms with Crippen LogP contribution in [0.2, 0.25) is 0 Å². The van der Waals surface area contributed by atoms with Crippen molar-refractivity contribution < 1.29 is 14.3 Å². The Morgan fingerprint density at radius 3 is 3.05 bits per heavy atom. The molecule has 1 saturated heterocycles. The fraction of sp³-hybridized carbons (Fsp3) is 0.562. The summed E-state index contributed by atoms with van der Waals surface area (Å²) in [7, 11) is 1.63. The molecule has 5 heteroatoms. The maximum absolute atomic E-state index is 12.5. The van der Waals surface area contributed by atoms with Crippen LogP contribution in [0.3, 0.4) is 0 Å². The summed E-state index contributed by atoms with van der Waals surface area (Å²) in [6.07, 6.45) is 1.15. The molecule has 4 nitrogen and oxygen atoms in total. The predicted octanol–water partition coefficient (Wildman–Crippen LogP) is 2.68. The Bertz CT molecular complexity index is 490. The van der Waals surface area contributed by atoms with Crippen LogP contribution in [0.15, 0.2) is 22.7 Å². The van der Waals surface area contributed by atoms with Gasteiger partial charge in [-0.25, -0.2) is 0 Å². The van der Waals surface area contributed by atoms with Gasteiger partial charge in [0.25, 0.3) is 0 Å². The van der Waals surface area contributed by atoms with Crippen LogP contribution in [-0.2, 0) is 16.0 Å². The molecule has 1 fully saturated rings. The fourth-order valence-corrected chi connectivity index (χ4v) is 2.92. The molecule has 0 bridgehead atoms. The zero-order chi connectivity index (χ0) is 15.2. The number of benzene rings is 1. The average Bonchev–Trinajstić information content (AvgIpc) is 2.50. The van der Waals surface area contributed by atoms with Crippen LogP contribution in [0.25, 0.3) is 0 Å². The highest BCUT2D eigenvalue weighted by Crippen LogP contribution is 2.24. The van der Waals surface area contributed by atoms with E-state index in [2.05, 4.69) is 27.8 Å². The number of methoxy groups -OCH3 is 1. The van der Waals surface area contributed by atoms with Crippen molar-refractivity contribution in [2.75, 3.05) is 33.4 Å². The Morgan fingerprint density at radius 1 is 1.52 bits per heavy atom. The maximum atomic E-state index is 12.5. The minimum atomic E-state index is -0.316. The molecule has 0 amide bonds. The summed E-state index contributed by atoms with van der Waals surface area (Å²) in [5.41, 5.74) is 0.940. The zero-order valence-electron chi connectivity index (χ0n) is 12.6. The monoisotopic (exact) mass is 355 g/mol. The molecule has 2 rings (SSSR count). The molecule has 0 spiro atoms. The SMILES string of the molecule is CCCN1CCOC(C(=O)Cc2cc(OC)ccc2Br)C1. The van der Waals surface area contributed by atoms with E-state index in [1.165, 1.54) is 0 Å². The molecular formula is C16H22BrNO3. The van der Waals surface area contributed by atoms with Gasteiger partial charge in [0.15, 0.2) is 5.78 Å².